The molecule has 2 aromatic heterocycles. The van der Waals surface area contributed by atoms with Gasteiger partial charge in [0.15, 0.2) is 0 Å². The first kappa shape index (κ1) is 17.3. The van der Waals surface area contributed by atoms with Crippen molar-refractivity contribution >= 4 is 11.6 Å². The molecule has 3 N–H and O–H groups in total. The van der Waals surface area contributed by atoms with Crippen molar-refractivity contribution in [3.8, 4) is 28.4 Å². The Kier molecular flexibility index (Phi) is 4.47. The first-order chi connectivity index (χ1) is 13.6. The van der Waals surface area contributed by atoms with Crippen molar-refractivity contribution in [1.29, 1.82) is 0 Å². The molecule has 2 aromatic carbocycles. The summed E-state index contributed by atoms with van der Waals surface area (Å²) >= 11 is 0. The molecule has 0 bridgehead atoms. The fourth-order valence-electron chi connectivity index (χ4n) is 2.87. The van der Waals surface area contributed by atoms with Crippen LogP contribution in [0, 0.1) is 0 Å². The first-order valence-corrected chi connectivity index (χ1v) is 8.50. The maximum atomic E-state index is 12.3. The van der Waals surface area contributed by atoms with Crippen molar-refractivity contribution in [2.75, 3.05) is 5.32 Å². The van der Waals surface area contributed by atoms with Crippen LogP contribution < -0.4 is 5.32 Å². The van der Waals surface area contributed by atoms with Crippen LogP contribution in [0.1, 0.15) is 10.4 Å². The first-order valence-electron chi connectivity index (χ1n) is 8.50. The van der Waals surface area contributed by atoms with Gasteiger partial charge in [-0.3, -0.25) is 9.78 Å². The number of anilines is 1. The van der Waals surface area contributed by atoms with E-state index in [-0.39, 0.29) is 17.4 Å². The van der Waals surface area contributed by atoms with Crippen molar-refractivity contribution in [2.45, 2.75) is 0 Å². The number of nitrogens with zero attached hydrogens (tertiary/aromatic N) is 3. The third-order valence-corrected chi connectivity index (χ3v) is 4.17. The van der Waals surface area contributed by atoms with Crippen LogP contribution in [0.25, 0.3) is 16.9 Å². The summed E-state index contributed by atoms with van der Waals surface area (Å²) in [6.45, 7) is 0. The van der Waals surface area contributed by atoms with Crippen LogP contribution in [-0.2, 0) is 0 Å². The molecule has 0 spiro atoms. The fraction of sp³-hybridized carbons (Fsp3) is 0. The van der Waals surface area contributed by atoms with E-state index in [1.54, 1.807) is 59.5 Å². The van der Waals surface area contributed by atoms with Crippen LogP contribution in [0.15, 0.2) is 79.3 Å². The van der Waals surface area contributed by atoms with Crippen molar-refractivity contribution < 1.29 is 15.0 Å². The molecule has 0 radical (unpaired) electrons. The highest BCUT2D eigenvalue weighted by atomic mass is 16.3. The highest BCUT2D eigenvalue weighted by molar-refractivity contribution is 6.04. The van der Waals surface area contributed by atoms with Gasteiger partial charge in [0, 0.05) is 29.7 Å². The number of phenols is 2. The largest absolute Gasteiger partial charge is 0.508 e. The minimum Gasteiger partial charge on any atom is -0.508 e. The van der Waals surface area contributed by atoms with E-state index in [1.165, 1.54) is 18.3 Å². The minimum absolute atomic E-state index is 0.0209. The molecule has 4 aromatic rings. The maximum absolute atomic E-state index is 12.3. The quantitative estimate of drug-likeness (QED) is 0.508. The van der Waals surface area contributed by atoms with Gasteiger partial charge in [0.25, 0.3) is 5.91 Å². The van der Waals surface area contributed by atoms with E-state index in [2.05, 4.69) is 15.4 Å². The number of pyridine rings is 1. The van der Waals surface area contributed by atoms with Gasteiger partial charge in [-0.05, 0) is 48.5 Å². The molecule has 4 rings (SSSR count). The topological polar surface area (TPSA) is 100 Å². The van der Waals surface area contributed by atoms with Gasteiger partial charge in [-0.2, -0.15) is 5.10 Å². The molecule has 7 nitrogen and oxygen atoms in total. The maximum Gasteiger partial charge on any atom is 0.257 e. The third-order valence-electron chi connectivity index (χ3n) is 4.17. The van der Waals surface area contributed by atoms with Crippen LogP contribution >= 0.6 is 0 Å². The lowest BCUT2D eigenvalue weighted by atomic mass is 10.1. The summed E-state index contributed by atoms with van der Waals surface area (Å²) in [5.41, 5.74) is 2.94. The highest BCUT2D eigenvalue weighted by Gasteiger charge is 2.13. The second kappa shape index (κ2) is 7.24. The molecule has 0 aliphatic rings. The number of amides is 1. The zero-order chi connectivity index (χ0) is 19.5. The molecule has 0 saturated carbocycles. The van der Waals surface area contributed by atoms with Crippen LogP contribution in [0.5, 0.6) is 11.5 Å². The number of carbonyl (C=O) groups excluding carboxylic acids is 1. The molecule has 138 valence electrons. The fourth-order valence-corrected chi connectivity index (χ4v) is 2.87. The summed E-state index contributed by atoms with van der Waals surface area (Å²) in [6.07, 6.45) is 4.72. The van der Waals surface area contributed by atoms with Crippen molar-refractivity contribution in [3.63, 3.8) is 0 Å². The third kappa shape index (κ3) is 3.41. The van der Waals surface area contributed by atoms with Crippen LogP contribution in [0.3, 0.4) is 0 Å². The normalized spacial score (nSPS) is 10.6. The number of phenolic OH excluding ortho intramolecular Hbond substituents is 2. The summed E-state index contributed by atoms with van der Waals surface area (Å²) < 4.78 is 1.64. The number of nitrogens with one attached hydrogen (secondary N) is 1. The van der Waals surface area contributed by atoms with Gasteiger partial charge in [0.2, 0.25) is 0 Å². The second-order valence-corrected chi connectivity index (χ2v) is 6.08. The lowest BCUT2D eigenvalue weighted by Crippen LogP contribution is -2.12. The molecule has 0 unspecified atom stereocenters. The zero-order valence-corrected chi connectivity index (χ0v) is 14.6. The van der Waals surface area contributed by atoms with Crippen LogP contribution in [0.2, 0.25) is 0 Å². The minimum atomic E-state index is -0.262. The molecular formula is C21H16N4O3. The predicted molar refractivity (Wildman–Crippen MR) is 105 cm³/mol. The van der Waals surface area contributed by atoms with E-state index in [0.717, 1.165) is 0 Å². The average molecular weight is 372 g/mol. The lowest BCUT2D eigenvalue weighted by molar-refractivity contribution is 0.102. The highest BCUT2D eigenvalue weighted by Crippen LogP contribution is 2.33. The number of hydrogen-bond donors (Lipinski definition) is 3. The van der Waals surface area contributed by atoms with Gasteiger partial charge < -0.3 is 15.5 Å². The van der Waals surface area contributed by atoms with E-state index >= 15 is 0 Å². The number of hydrogen-bond acceptors (Lipinski definition) is 5. The number of aromatic nitrogens is 3. The molecule has 1 amide bonds. The summed E-state index contributed by atoms with van der Waals surface area (Å²) in [5.74, 6) is -0.336. The molecule has 0 aliphatic heterocycles. The van der Waals surface area contributed by atoms with Gasteiger partial charge in [0.05, 0.1) is 23.1 Å². The molecule has 0 atom stereocenters. The summed E-state index contributed by atoms with van der Waals surface area (Å²) in [6, 6.07) is 16.7. The molecule has 0 saturated heterocycles. The lowest BCUT2D eigenvalue weighted by Gasteiger charge is -2.11. The smallest absolute Gasteiger partial charge is 0.257 e. The standard InChI is InChI=1S/C21H16N4O3/c26-17-6-7-18(20(27)12-17)19-8-10-23-25(19)16-5-1-4-15(11-16)24-21(28)14-3-2-9-22-13-14/h1-13,26-27H,(H,24,28). The second-order valence-electron chi connectivity index (χ2n) is 6.08. The molecule has 7 heteroatoms. The van der Waals surface area contributed by atoms with Gasteiger partial charge in [0.1, 0.15) is 11.5 Å². The molecule has 2 heterocycles. The molecule has 0 fully saturated rings. The Morgan fingerprint density at radius 2 is 1.86 bits per heavy atom. The van der Waals surface area contributed by atoms with Crippen molar-refractivity contribution in [1.82, 2.24) is 14.8 Å². The van der Waals surface area contributed by atoms with E-state index in [4.69, 9.17) is 0 Å². The summed E-state index contributed by atoms with van der Waals surface area (Å²) in [4.78, 5) is 16.3. The SMILES string of the molecule is O=C(Nc1cccc(-n2nccc2-c2ccc(O)cc2O)c1)c1cccnc1. The molecular weight excluding hydrogens is 356 g/mol. The van der Waals surface area contributed by atoms with Crippen molar-refractivity contribution in [2.24, 2.45) is 0 Å². The van der Waals surface area contributed by atoms with Crippen molar-refractivity contribution in [3.05, 3.63) is 84.8 Å². The number of benzene rings is 2. The van der Waals surface area contributed by atoms with E-state index in [1.807, 2.05) is 6.07 Å². The summed E-state index contributed by atoms with van der Waals surface area (Å²) in [7, 11) is 0. The van der Waals surface area contributed by atoms with Gasteiger partial charge in [-0.1, -0.05) is 6.07 Å². The monoisotopic (exact) mass is 372 g/mol. The number of carbonyl (C=O) groups is 1. The van der Waals surface area contributed by atoms with Gasteiger partial charge in [-0.25, -0.2) is 4.68 Å². The van der Waals surface area contributed by atoms with E-state index < -0.39 is 0 Å². The average Bonchev–Trinajstić information content (AvgIpc) is 3.18. The predicted octanol–water partition coefficient (Wildman–Crippen LogP) is 3.60. The Balaban J connectivity index is 1.66. The van der Waals surface area contributed by atoms with Gasteiger partial charge in [-0.15, -0.1) is 0 Å². The number of aromatic hydroxyl groups is 2. The van der Waals surface area contributed by atoms with Crippen LogP contribution in [-0.4, -0.2) is 30.9 Å². The molecule has 0 aliphatic carbocycles. The Morgan fingerprint density at radius 1 is 0.964 bits per heavy atom. The summed E-state index contributed by atoms with van der Waals surface area (Å²) in [5, 5.41) is 26.8. The van der Waals surface area contributed by atoms with E-state index in [9.17, 15) is 15.0 Å². The molecule has 28 heavy (non-hydrogen) atoms. The Morgan fingerprint density at radius 3 is 2.64 bits per heavy atom. The number of rotatable bonds is 4. The Labute approximate surface area is 160 Å². The zero-order valence-electron chi connectivity index (χ0n) is 14.6. The van der Waals surface area contributed by atoms with E-state index in [0.29, 0.717) is 28.2 Å². The van der Waals surface area contributed by atoms with Gasteiger partial charge >= 0.3 is 0 Å². The Hall–Kier alpha value is -4.13. The Bertz CT molecular complexity index is 1140. The van der Waals surface area contributed by atoms with Crippen LogP contribution in [0.4, 0.5) is 5.69 Å².